The number of ether oxygens (including phenoxy) is 3. The lowest BCUT2D eigenvalue weighted by Crippen LogP contribution is -2.17. The predicted octanol–water partition coefficient (Wildman–Crippen LogP) is 4.89. The molecule has 0 saturated carbocycles. The van der Waals surface area contributed by atoms with Gasteiger partial charge in [0, 0.05) is 28.9 Å². The van der Waals surface area contributed by atoms with E-state index in [0.717, 1.165) is 23.5 Å². The van der Waals surface area contributed by atoms with Gasteiger partial charge in [-0.05, 0) is 56.3 Å². The number of aryl methyl sites for hydroxylation is 2. The molecule has 0 spiro atoms. The number of carbonyl (C=O) groups is 1. The van der Waals surface area contributed by atoms with Crippen molar-refractivity contribution < 1.29 is 32.2 Å². The molecule has 39 heavy (non-hydrogen) atoms. The van der Waals surface area contributed by atoms with Gasteiger partial charge in [0.2, 0.25) is 0 Å². The Balaban J connectivity index is 1.44. The molecule has 0 fully saturated rings. The molecule has 5 rings (SSSR count). The second-order valence-electron chi connectivity index (χ2n) is 8.37. The van der Waals surface area contributed by atoms with Crippen molar-refractivity contribution in [2.24, 2.45) is 0 Å². The van der Waals surface area contributed by atoms with Gasteiger partial charge >= 0.3 is 6.36 Å². The molecule has 0 aliphatic carbocycles. The summed E-state index contributed by atoms with van der Waals surface area (Å²) in [6.45, 7) is 4.53. The Hall–Kier alpha value is -4.33. The zero-order valence-electron chi connectivity index (χ0n) is 20.7. The Morgan fingerprint density at radius 1 is 1.03 bits per heavy atom. The lowest BCUT2D eigenvalue weighted by atomic mass is 10.2. The molecule has 0 atom stereocenters. The van der Waals surface area contributed by atoms with Gasteiger partial charge in [0.15, 0.2) is 22.3 Å². The minimum atomic E-state index is -4.82. The van der Waals surface area contributed by atoms with Crippen molar-refractivity contribution in [2.45, 2.75) is 31.1 Å². The molecule has 4 aromatic rings. The van der Waals surface area contributed by atoms with E-state index in [1.807, 2.05) is 19.9 Å². The van der Waals surface area contributed by atoms with E-state index in [-0.39, 0.29) is 17.2 Å². The number of carbonyl (C=O) groups excluding carboxylic acids is 1. The zero-order valence-corrected chi connectivity index (χ0v) is 21.5. The van der Waals surface area contributed by atoms with Gasteiger partial charge < -0.3 is 19.5 Å². The second kappa shape index (κ2) is 10.8. The van der Waals surface area contributed by atoms with Gasteiger partial charge in [-0.1, -0.05) is 17.0 Å². The predicted molar refractivity (Wildman–Crippen MR) is 134 cm³/mol. The van der Waals surface area contributed by atoms with Crippen molar-refractivity contribution in [3.05, 3.63) is 71.3 Å². The van der Waals surface area contributed by atoms with E-state index in [1.165, 1.54) is 28.6 Å². The van der Waals surface area contributed by atoms with Crippen LogP contribution in [0.2, 0.25) is 0 Å². The van der Waals surface area contributed by atoms with Crippen LogP contribution in [0, 0.1) is 13.8 Å². The summed E-state index contributed by atoms with van der Waals surface area (Å²) in [4.78, 5) is 22.1. The highest BCUT2D eigenvalue weighted by molar-refractivity contribution is 7.98. The fraction of sp³-hybridized carbons (Fsp3) is 0.240. The smallest absolute Gasteiger partial charge is 0.486 e. The number of nitrogens with one attached hydrogen (secondary N) is 1. The number of amides is 1. The van der Waals surface area contributed by atoms with Crippen LogP contribution in [0.5, 0.6) is 17.2 Å². The monoisotopic (exact) mass is 558 g/mol. The number of benzene rings is 2. The van der Waals surface area contributed by atoms with Crippen LogP contribution in [0.4, 0.5) is 18.9 Å². The maximum atomic E-state index is 13.3. The quantitative estimate of drug-likeness (QED) is 0.250. The summed E-state index contributed by atoms with van der Waals surface area (Å²) in [6, 6.07) is 11.9. The van der Waals surface area contributed by atoms with Gasteiger partial charge in [-0.25, -0.2) is 14.6 Å². The minimum absolute atomic E-state index is 0.0254. The van der Waals surface area contributed by atoms with Crippen molar-refractivity contribution in [1.82, 2.24) is 25.0 Å². The first-order valence-electron chi connectivity index (χ1n) is 11.6. The van der Waals surface area contributed by atoms with Crippen LogP contribution in [0.1, 0.15) is 27.6 Å². The Labute approximate surface area is 224 Å². The number of alkyl halides is 3. The first kappa shape index (κ1) is 26.3. The molecule has 1 aliphatic rings. The van der Waals surface area contributed by atoms with Crippen LogP contribution < -0.4 is 19.5 Å². The second-order valence-corrected chi connectivity index (χ2v) is 9.32. The average Bonchev–Trinajstić information content (AvgIpc) is 3.30. The molecule has 2 aromatic heterocycles. The fourth-order valence-corrected chi connectivity index (χ4v) is 4.75. The molecule has 2 aromatic carbocycles. The maximum Gasteiger partial charge on any atom is 0.573 e. The van der Waals surface area contributed by atoms with Crippen LogP contribution in [0.15, 0.2) is 53.7 Å². The number of fused-ring (bicyclic) bond motifs is 1. The fourth-order valence-electron chi connectivity index (χ4n) is 3.81. The van der Waals surface area contributed by atoms with Crippen LogP contribution in [0.25, 0.3) is 5.69 Å². The third-order valence-corrected chi connectivity index (χ3v) is 6.25. The van der Waals surface area contributed by atoms with Gasteiger partial charge in [0.1, 0.15) is 19.0 Å². The van der Waals surface area contributed by atoms with E-state index in [0.29, 0.717) is 46.9 Å². The maximum absolute atomic E-state index is 13.3. The Morgan fingerprint density at radius 3 is 2.41 bits per heavy atom. The van der Waals surface area contributed by atoms with Crippen molar-refractivity contribution in [3.8, 4) is 22.9 Å². The molecule has 1 N–H and O–H groups in total. The van der Waals surface area contributed by atoms with E-state index in [4.69, 9.17) is 9.47 Å². The molecule has 0 unspecified atom stereocenters. The Morgan fingerprint density at radius 2 is 1.72 bits per heavy atom. The molecule has 1 aliphatic heterocycles. The first-order valence-corrected chi connectivity index (χ1v) is 12.6. The van der Waals surface area contributed by atoms with E-state index in [1.54, 1.807) is 18.2 Å². The van der Waals surface area contributed by atoms with Crippen LogP contribution in [-0.2, 0) is 5.75 Å². The number of hydrogen-bond acceptors (Lipinski definition) is 9. The van der Waals surface area contributed by atoms with Crippen molar-refractivity contribution in [1.29, 1.82) is 0 Å². The molecule has 14 heteroatoms. The van der Waals surface area contributed by atoms with E-state index < -0.39 is 12.3 Å². The molecule has 0 bridgehead atoms. The molecular formula is C25H21F3N6O4S. The highest BCUT2D eigenvalue weighted by Crippen LogP contribution is 2.33. The van der Waals surface area contributed by atoms with Gasteiger partial charge in [-0.3, -0.25) is 4.79 Å². The van der Waals surface area contributed by atoms with Crippen molar-refractivity contribution in [3.63, 3.8) is 0 Å². The molecule has 202 valence electrons. The SMILES string of the molecule is Cc1cc(C)nc(SCc2c(C(=O)Nc3ccc4c(c3)OCCO4)nnn2-c2ccc(OC(F)(F)F)cc2)n1. The number of nitrogens with zero attached hydrogens (tertiary/aromatic N) is 5. The van der Waals surface area contributed by atoms with Crippen molar-refractivity contribution >= 4 is 23.4 Å². The van der Waals surface area contributed by atoms with Gasteiger partial charge in [-0.15, -0.1) is 18.3 Å². The van der Waals surface area contributed by atoms with Gasteiger partial charge in [0.25, 0.3) is 5.91 Å². The number of aromatic nitrogens is 5. The third kappa shape index (κ3) is 6.39. The lowest BCUT2D eigenvalue weighted by Gasteiger charge is -2.18. The molecule has 1 amide bonds. The molecular weight excluding hydrogens is 537 g/mol. The highest BCUT2D eigenvalue weighted by atomic mass is 32.2. The number of rotatable bonds is 7. The Bertz CT molecular complexity index is 1490. The normalized spacial score (nSPS) is 12.7. The summed E-state index contributed by atoms with van der Waals surface area (Å²) in [7, 11) is 0. The zero-order chi connectivity index (χ0) is 27.6. The van der Waals surface area contributed by atoms with Gasteiger partial charge in [-0.2, -0.15) is 0 Å². The van der Waals surface area contributed by atoms with E-state index in [9.17, 15) is 18.0 Å². The van der Waals surface area contributed by atoms with Crippen LogP contribution >= 0.6 is 11.8 Å². The number of thioether (sulfide) groups is 1. The first-order chi connectivity index (χ1) is 18.6. The minimum Gasteiger partial charge on any atom is -0.486 e. The largest absolute Gasteiger partial charge is 0.573 e. The number of hydrogen-bond donors (Lipinski definition) is 1. The van der Waals surface area contributed by atoms with Crippen LogP contribution in [-0.4, -0.2) is 50.4 Å². The summed E-state index contributed by atoms with van der Waals surface area (Å²) in [6.07, 6.45) is -4.82. The highest BCUT2D eigenvalue weighted by Gasteiger charge is 2.31. The standard InChI is InChI=1S/C25H21F3N6O4S/c1-14-11-15(2)30-24(29-14)39-13-19-22(23(35)31-16-3-8-20-21(12-16)37-10-9-36-20)32-33-34(19)17-4-6-18(7-5-17)38-25(26,27)28/h3-8,11-12H,9-10,13H2,1-2H3,(H,31,35). The molecule has 0 radical (unpaired) electrons. The number of anilines is 1. The lowest BCUT2D eigenvalue weighted by molar-refractivity contribution is -0.274. The topological polar surface area (TPSA) is 113 Å². The van der Waals surface area contributed by atoms with E-state index >= 15 is 0 Å². The summed E-state index contributed by atoms with van der Waals surface area (Å²) >= 11 is 1.27. The van der Waals surface area contributed by atoms with Gasteiger partial charge in [0.05, 0.1) is 11.4 Å². The summed E-state index contributed by atoms with van der Waals surface area (Å²) in [5.74, 6) is 0.357. The molecule has 0 saturated heterocycles. The summed E-state index contributed by atoms with van der Waals surface area (Å²) < 4.78 is 54.2. The number of halogens is 3. The summed E-state index contributed by atoms with van der Waals surface area (Å²) in [5.41, 5.74) is 2.83. The van der Waals surface area contributed by atoms with Crippen LogP contribution in [0.3, 0.4) is 0 Å². The molecule has 10 nitrogen and oxygen atoms in total. The molecule has 3 heterocycles. The van der Waals surface area contributed by atoms with E-state index in [2.05, 4.69) is 30.3 Å². The van der Waals surface area contributed by atoms with Crippen molar-refractivity contribution in [2.75, 3.05) is 18.5 Å². The third-order valence-electron chi connectivity index (χ3n) is 5.39. The average molecular weight is 559 g/mol. The Kier molecular flexibility index (Phi) is 7.28. The summed E-state index contributed by atoms with van der Waals surface area (Å²) in [5, 5.41) is 11.5.